The molecule has 102 valence electrons. The number of halogens is 1. The number of hydrogen-bond acceptors (Lipinski definition) is 2. The first-order chi connectivity index (χ1) is 8.84. The van der Waals surface area contributed by atoms with E-state index in [1.165, 1.54) is 16.8 Å². The maximum atomic E-state index is 12.9. The third kappa shape index (κ3) is 2.46. The molecule has 0 fully saturated rings. The summed E-state index contributed by atoms with van der Waals surface area (Å²) in [5.41, 5.74) is 7.25. The average Bonchev–Trinajstić information content (AvgIpc) is 2.67. The predicted octanol–water partition coefficient (Wildman–Crippen LogP) is 2.06. The third-order valence-electron chi connectivity index (χ3n) is 3.03. The van der Waals surface area contributed by atoms with E-state index in [9.17, 15) is 9.18 Å². The molecule has 0 saturated carbocycles. The van der Waals surface area contributed by atoms with Crippen molar-refractivity contribution >= 4 is 0 Å². The molecule has 0 amide bonds. The molecule has 3 N–H and O–H groups in total. The minimum absolute atomic E-state index is 0.177. The topological polar surface area (TPSA) is 63.8 Å². The molecule has 0 aliphatic carbocycles. The fourth-order valence-electron chi connectivity index (χ4n) is 2.05. The second kappa shape index (κ2) is 4.66. The van der Waals surface area contributed by atoms with Crippen LogP contribution in [-0.4, -0.2) is 9.78 Å². The quantitative estimate of drug-likeness (QED) is 0.871. The molecular formula is C14H18FN3O. The van der Waals surface area contributed by atoms with E-state index in [4.69, 9.17) is 5.73 Å². The molecule has 2 aromatic rings. The van der Waals surface area contributed by atoms with Gasteiger partial charge in [-0.2, -0.15) is 0 Å². The summed E-state index contributed by atoms with van der Waals surface area (Å²) in [5.74, 6) is -0.335. The van der Waals surface area contributed by atoms with Gasteiger partial charge in [0.05, 0.1) is 11.3 Å². The van der Waals surface area contributed by atoms with Crippen molar-refractivity contribution in [3.63, 3.8) is 0 Å². The number of rotatable bonds is 2. The largest absolute Gasteiger partial charge is 0.326 e. The Labute approximate surface area is 111 Å². The molecule has 0 bridgehead atoms. The number of aromatic nitrogens is 2. The molecule has 5 heteroatoms. The Morgan fingerprint density at radius 1 is 1.26 bits per heavy atom. The Bertz CT molecular complexity index is 632. The van der Waals surface area contributed by atoms with E-state index in [0.29, 0.717) is 11.3 Å². The number of nitrogens with two attached hydrogens (primary N) is 1. The number of benzene rings is 1. The van der Waals surface area contributed by atoms with Crippen LogP contribution >= 0.6 is 0 Å². The molecule has 1 heterocycles. The summed E-state index contributed by atoms with van der Waals surface area (Å²) in [4.78, 5) is 12.3. The van der Waals surface area contributed by atoms with Crippen molar-refractivity contribution in [2.45, 2.75) is 32.7 Å². The van der Waals surface area contributed by atoms with E-state index >= 15 is 0 Å². The van der Waals surface area contributed by atoms with Gasteiger partial charge in [0, 0.05) is 17.7 Å². The van der Waals surface area contributed by atoms with Crippen LogP contribution in [0.5, 0.6) is 0 Å². The van der Waals surface area contributed by atoms with E-state index in [0.717, 1.165) is 5.69 Å². The van der Waals surface area contributed by atoms with E-state index in [1.54, 1.807) is 12.1 Å². The zero-order valence-corrected chi connectivity index (χ0v) is 11.3. The lowest BCUT2D eigenvalue weighted by Crippen LogP contribution is -2.20. The minimum Gasteiger partial charge on any atom is -0.326 e. The normalized spacial score (nSPS) is 11.8. The number of hydrogen-bond donors (Lipinski definition) is 2. The molecule has 0 aliphatic rings. The van der Waals surface area contributed by atoms with Crippen molar-refractivity contribution in [3.8, 4) is 5.69 Å². The fraction of sp³-hybridized carbons (Fsp3) is 0.357. The Morgan fingerprint density at radius 2 is 1.84 bits per heavy atom. The van der Waals surface area contributed by atoms with Crippen LogP contribution in [0.1, 0.15) is 32.0 Å². The Morgan fingerprint density at radius 3 is 2.26 bits per heavy atom. The van der Waals surface area contributed by atoms with Gasteiger partial charge in [-0.25, -0.2) is 9.07 Å². The van der Waals surface area contributed by atoms with Crippen LogP contribution in [0.15, 0.2) is 29.1 Å². The summed E-state index contributed by atoms with van der Waals surface area (Å²) >= 11 is 0. The van der Waals surface area contributed by atoms with E-state index < -0.39 is 0 Å². The molecule has 0 aliphatic heterocycles. The smallest absolute Gasteiger partial charge is 0.275 e. The number of aromatic amines is 1. The van der Waals surface area contributed by atoms with Crippen LogP contribution < -0.4 is 11.3 Å². The molecule has 0 spiro atoms. The average molecular weight is 263 g/mol. The zero-order chi connectivity index (χ0) is 14.2. The zero-order valence-electron chi connectivity index (χ0n) is 11.3. The first-order valence-corrected chi connectivity index (χ1v) is 6.15. The van der Waals surface area contributed by atoms with Crippen LogP contribution in [0.3, 0.4) is 0 Å². The standard InChI is InChI=1S/C14H18FN3O/c1-14(2,3)12-11(8-16)13(19)18(17-12)10-6-4-9(15)5-7-10/h4-7,17H,8,16H2,1-3H3. The molecule has 19 heavy (non-hydrogen) atoms. The summed E-state index contributed by atoms with van der Waals surface area (Å²) in [6.07, 6.45) is 0. The van der Waals surface area contributed by atoms with Crippen LogP contribution in [0.4, 0.5) is 4.39 Å². The number of H-pyrrole nitrogens is 1. The van der Waals surface area contributed by atoms with Gasteiger partial charge in [-0.3, -0.25) is 9.89 Å². The van der Waals surface area contributed by atoms with Crippen LogP contribution in [-0.2, 0) is 12.0 Å². The van der Waals surface area contributed by atoms with Crippen molar-refractivity contribution in [3.05, 3.63) is 51.7 Å². The van der Waals surface area contributed by atoms with Gasteiger partial charge >= 0.3 is 0 Å². The van der Waals surface area contributed by atoms with Gasteiger partial charge < -0.3 is 5.73 Å². The SMILES string of the molecule is CC(C)(C)c1[nH]n(-c2ccc(F)cc2)c(=O)c1CN. The van der Waals surface area contributed by atoms with Crippen molar-refractivity contribution in [1.82, 2.24) is 9.78 Å². The lowest BCUT2D eigenvalue weighted by atomic mass is 9.89. The van der Waals surface area contributed by atoms with Crippen LogP contribution in [0, 0.1) is 5.82 Å². The minimum atomic E-state index is -0.335. The molecule has 0 saturated heterocycles. The van der Waals surface area contributed by atoms with Gasteiger partial charge in [0.2, 0.25) is 0 Å². The highest BCUT2D eigenvalue weighted by Crippen LogP contribution is 2.22. The van der Waals surface area contributed by atoms with Crippen molar-refractivity contribution in [2.75, 3.05) is 0 Å². The van der Waals surface area contributed by atoms with Gasteiger partial charge in [-0.15, -0.1) is 0 Å². The number of nitrogens with zero attached hydrogens (tertiary/aromatic N) is 1. The molecule has 0 unspecified atom stereocenters. The van der Waals surface area contributed by atoms with Gasteiger partial charge in [0.1, 0.15) is 5.82 Å². The maximum absolute atomic E-state index is 12.9. The van der Waals surface area contributed by atoms with Gasteiger partial charge in [0.25, 0.3) is 5.56 Å². The molecule has 1 aromatic carbocycles. The van der Waals surface area contributed by atoms with Gasteiger partial charge in [0.15, 0.2) is 0 Å². The Hall–Kier alpha value is -1.88. The molecule has 0 atom stereocenters. The Kier molecular flexibility index (Phi) is 3.32. The third-order valence-corrected chi connectivity index (χ3v) is 3.03. The summed E-state index contributed by atoms with van der Waals surface area (Å²) < 4.78 is 14.3. The van der Waals surface area contributed by atoms with E-state index in [-0.39, 0.29) is 23.3 Å². The number of nitrogens with one attached hydrogen (secondary N) is 1. The molecule has 4 nitrogen and oxygen atoms in total. The summed E-state index contributed by atoms with van der Waals surface area (Å²) in [5, 5.41) is 3.08. The summed E-state index contributed by atoms with van der Waals surface area (Å²) in [7, 11) is 0. The van der Waals surface area contributed by atoms with Crippen LogP contribution in [0.25, 0.3) is 5.69 Å². The van der Waals surface area contributed by atoms with Crippen molar-refractivity contribution in [1.29, 1.82) is 0 Å². The molecule has 2 rings (SSSR count). The van der Waals surface area contributed by atoms with Crippen LogP contribution in [0.2, 0.25) is 0 Å². The lowest BCUT2D eigenvalue weighted by Gasteiger charge is -2.17. The van der Waals surface area contributed by atoms with Crippen molar-refractivity contribution < 1.29 is 4.39 Å². The molecular weight excluding hydrogens is 245 g/mol. The fourth-order valence-corrected chi connectivity index (χ4v) is 2.05. The monoisotopic (exact) mass is 263 g/mol. The second-order valence-corrected chi connectivity index (χ2v) is 5.54. The highest BCUT2D eigenvalue weighted by molar-refractivity contribution is 5.34. The van der Waals surface area contributed by atoms with E-state index in [2.05, 4.69) is 5.10 Å². The Balaban J connectivity index is 2.63. The second-order valence-electron chi connectivity index (χ2n) is 5.54. The summed E-state index contributed by atoms with van der Waals surface area (Å²) in [6.45, 7) is 6.20. The predicted molar refractivity (Wildman–Crippen MR) is 72.9 cm³/mol. The van der Waals surface area contributed by atoms with Gasteiger partial charge in [-0.05, 0) is 24.3 Å². The highest BCUT2D eigenvalue weighted by atomic mass is 19.1. The summed E-state index contributed by atoms with van der Waals surface area (Å²) in [6, 6.07) is 5.75. The molecule has 1 aromatic heterocycles. The molecule has 0 radical (unpaired) electrons. The highest BCUT2D eigenvalue weighted by Gasteiger charge is 2.23. The van der Waals surface area contributed by atoms with Crippen molar-refractivity contribution in [2.24, 2.45) is 5.73 Å². The first kappa shape index (κ1) is 13.5. The van der Waals surface area contributed by atoms with E-state index in [1.807, 2.05) is 20.8 Å². The first-order valence-electron chi connectivity index (χ1n) is 6.15. The maximum Gasteiger partial charge on any atom is 0.275 e. The van der Waals surface area contributed by atoms with Gasteiger partial charge in [-0.1, -0.05) is 20.8 Å². The lowest BCUT2D eigenvalue weighted by molar-refractivity contribution is 0.554.